The molecule has 1 aliphatic rings. The Morgan fingerprint density at radius 3 is 2.36 bits per heavy atom. The van der Waals surface area contributed by atoms with Gasteiger partial charge in [-0.1, -0.05) is 34.1 Å². The van der Waals surface area contributed by atoms with Crippen LogP contribution in [0.1, 0.15) is 18.1 Å². The largest absolute Gasteiger partial charge is 0.497 e. The molecule has 0 saturated heterocycles. The number of aliphatic imine (C=N–C) groups is 1. The number of anilines is 1. The van der Waals surface area contributed by atoms with E-state index < -0.39 is 0 Å². The van der Waals surface area contributed by atoms with Crippen LogP contribution in [0, 0.1) is 0 Å². The van der Waals surface area contributed by atoms with E-state index in [2.05, 4.69) is 15.9 Å². The molecule has 0 N–H and O–H groups in total. The zero-order valence-corrected chi connectivity index (χ0v) is 20.1. The van der Waals surface area contributed by atoms with Crippen LogP contribution in [-0.2, 0) is 4.79 Å². The molecule has 4 rings (SSSR count). The lowest BCUT2D eigenvalue weighted by Crippen LogP contribution is -2.32. The maximum Gasteiger partial charge on any atom is 0.282 e. The predicted molar refractivity (Wildman–Crippen MR) is 133 cm³/mol. The number of halogens is 1. The Labute approximate surface area is 201 Å². The van der Waals surface area contributed by atoms with Gasteiger partial charge in [0, 0.05) is 21.7 Å². The van der Waals surface area contributed by atoms with Crippen molar-refractivity contribution < 1.29 is 19.0 Å². The second-order valence-electron chi connectivity index (χ2n) is 7.12. The van der Waals surface area contributed by atoms with E-state index in [1.54, 1.807) is 31.3 Å². The van der Waals surface area contributed by atoms with E-state index in [1.165, 1.54) is 0 Å². The number of amidine groups is 1. The van der Waals surface area contributed by atoms with Gasteiger partial charge in [-0.3, -0.25) is 9.69 Å². The summed E-state index contributed by atoms with van der Waals surface area (Å²) in [6, 6.07) is 20.5. The lowest BCUT2D eigenvalue weighted by atomic mass is 10.1. The van der Waals surface area contributed by atoms with E-state index in [1.807, 2.05) is 67.6 Å². The Hall–Kier alpha value is -3.58. The summed E-state index contributed by atoms with van der Waals surface area (Å²) in [6.45, 7) is 2.50. The van der Waals surface area contributed by atoms with Gasteiger partial charge >= 0.3 is 0 Å². The molecule has 1 heterocycles. The van der Waals surface area contributed by atoms with Crippen molar-refractivity contribution in [3.63, 3.8) is 0 Å². The van der Waals surface area contributed by atoms with Crippen LogP contribution in [0.3, 0.4) is 0 Å². The Morgan fingerprint density at radius 2 is 1.70 bits per heavy atom. The SMILES string of the molecule is CCOc1ccc(N2C(=O)/C(=C\c3ccc(OC)cc3OC)N=C2c2ccccc2Br)cc1. The number of nitrogens with zero attached hydrogens (tertiary/aromatic N) is 2. The normalized spacial score (nSPS) is 14.4. The van der Waals surface area contributed by atoms with E-state index in [9.17, 15) is 4.79 Å². The minimum Gasteiger partial charge on any atom is -0.497 e. The highest BCUT2D eigenvalue weighted by Gasteiger charge is 2.33. The lowest BCUT2D eigenvalue weighted by Gasteiger charge is -2.19. The van der Waals surface area contributed by atoms with Crippen LogP contribution < -0.4 is 19.1 Å². The predicted octanol–water partition coefficient (Wildman–Crippen LogP) is 5.70. The lowest BCUT2D eigenvalue weighted by molar-refractivity contribution is -0.113. The molecule has 0 fully saturated rings. The molecule has 0 radical (unpaired) electrons. The number of benzene rings is 3. The molecule has 1 aliphatic heterocycles. The summed E-state index contributed by atoms with van der Waals surface area (Å²) in [5.74, 6) is 2.30. The minimum absolute atomic E-state index is 0.234. The number of ether oxygens (including phenoxy) is 3. The van der Waals surface area contributed by atoms with Crippen molar-refractivity contribution in [2.75, 3.05) is 25.7 Å². The molecule has 7 heteroatoms. The summed E-state index contributed by atoms with van der Waals surface area (Å²) >= 11 is 3.59. The molecule has 0 saturated carbocycles. The van der Waals surface area contributed by atoms with Crippen molar-refractivity contribution in [1.82, 2.24) is 0 Å². The van der Waals surface area contributed by atoms with Crippen LogP contribution in [0.15, 0.2) is 81.9 Å². The van der Waals surface area contributed by atoms with Gasteiger partial charge in [-0.05, 0) is 55.5 Å². The summed E-state index contributed by atoms with van der Waals surface area (Å²) in [5.41, 5.74) is 2.54. The Kier molecular flexibility index (Phi) is 6.79. The number of hydrogen-bond donors (Lipinski definition) is 0. The molecule has 0 bridgehead atoms. The molecule has 0 aliphatic carbocycles. The number of methoxy groups -OCH3 is 2. The summed E-state index contributed by atoms with van der Waals surface area (Å²) in [7, 11) is 3.17. The topological polar surface area (TPSA) is 60.4 Å². The van der Waals surface area contributed by atoms with Gasteiger partial charge in [0.15, 0.2) is 0 Å². The van der Waals surface area contributed by atoms with Gasteiger partial charge in [0.25, 0.3) is 5.91 Å². The van der Waals surface area contributed by atoms with Gasteiger partial charge in [-0.2, -0.15) is 0 Å². The second-order valence-corrected chi connectivity index (χ2v) is 7.97. The van der Waals surface area contributed by atoms with E-state index in [4.69, 9.17) is 19.2 Å². The van der Waals surface area contributed by atoms with Gasteiger partial charge < -0.3 is 14.2 Å². The van der Waals surface area contributed by atoms with Crippen LogP contribution in [0.4, 0.5) is 5.69 Å². The summed E-state index contributed by atoms with van der Waals surface area (Å²) in [6.07, 6.45) is 1.73. The number of carbonyl (C=O) groups is 1. The molecule has 6 nitrogen and oxygen atoms in total. The molecule has 0 spiro atoms. The molecule has 0 unspecified atom stereocenters. The van der Waals surface area contributed by atoms with Gasteiger partial charge in [-0.15, -0.1) is 0 Å². The second kappa shape index (κ2) is 9.92. The zero-order valence-electron chi connectivity index (χ0n) is 18.5. The van der Waals surface area contributed by atoms with E-state index in [-0.39, 0.29) is 5.91 Å². The quantitative estimate of drug-likeness (QED) is 0.385. The van der Waals surface area contributed by atoms with Crippen molar-refractivity contribution in [1.29, 1.82) is 0 Å². The highest BCUT2D eigenvalue weighted by atomic mass is 79.9. The first kappa shape index (κ1) is 22.6. The van der Waals surface area contributed by atoms with Crippen LogP contribution >= 0.6 is 15.9 Å². The molecule has 0 atom stereocenters. The molecule has 3 aromatic rings. The maximum absolute atomic E-state index is 13.6. The highest BCUT2D eigenvalue weighted by Crippen LogP contribution is 2.33. The minimum atomic E-state index is -0.234. The fourth-order valence-electron chi connectivity index (χ4n) is 3.52. The molecule has 33 heavy (non-hydrogen) atoms. The van der Waals surface area contributed by atoms with E-state index in [0.717, 1.165) is 21.3 Å². The van der Waals surface area contributed by atoms with E-state index >= 15 is 0 Å². The molecule has 1 amide bonds. The van der Waals surface area contributed by atoms with E-state index in [0.29, 0.717) is 35.3 Å². The van der Waals surface area contributed by atoms with Gasteiger partial charge in [0.1, 0.15) is 28.8 Å². The van der Waals surface area contributed by atoms with Gasteiger partial charge in [0.2, 0.25) is 0 Å². The smallest absolute Gasteiger partial charge is 0.282 e. The van der Waals surface area contributed by atoms with Crippen LogP contribution in [0.25, 0.3) is 6.08 Å². The van der Waals surface area contributed by atoms with Gasteiger partial charge in [0.05, 0.1) is 26.5 Å². The molecule has 0 aromatic heterocycles. The van der Waals surface area contributed by atoms with Crippen molar-refractivity contribution in [2.45, 2.75) is 6.92 Å². The Morgan fingerprint density at radius 1 is 0.970 bits per heavy atom. The third kappa shape index (κ3) is 4.64. The number of rotatable bonds is 7. The molecule has 168 valence electrons. The molecule has 3 aromatic carbocycles. The first-order chi connectivity index (χ1) is 16.0. The number of hydrogen-bond acceptors (Lipinski definition) is 5. The van der Waals surface area contributed by atoms with Gasteiger partial charge in [-0.25, -0.2) is 4.99 Å². The average Bonchev–Trinajstić information content (AvgIpc) is 3.16. The van der Waals surface area contributed by atoms with Crippen LogP contribution in [-0.4, -0.2) is 32.6 Å². The van der Waals surface area contributed by atoms with Crippen LogP contribution in [0.2, 0.25) is 0 Å². The maximum atomic E-state index is 13.6. The monoisotopic (exact) mass is 506 g/mol. The number of amides is 1. The molecular weight excluding hydrogens is 484 g/mol. The molecular formula is C26H23BrN2O4. The van der Waals surface area contributed by atoms with Crippen molar-refractivity contribution in [3.8, 4) is 17.2 Å². The third-order valence-electron chi connectivity index (χ3n) is 5.11. The van der Waals surface area contributed by atoms with Crippen molar-refractivity contribution in [2.24, 2.45) is 4.99 Å². The highest BCUT2D eigenvalue weighted by molar-refractivity contribution is 9.10. The first-order valence-corrected chi connectivity index (χ1v) is 11.2. The fourth-order valence-corrected chi connectivity index (χ4v) is 3.98. The summed E-state index contributed by atoms with van der Waals surface area (Å²) < 4.78 is 17.2. The Bertz CT molecular complexity index is 1240. The van der Waals surface area contributed by atoms with Crippen molar-refractivity contribution in [3.05, 3.63) is 88.0 Å². The average molecular weight is 507 g/mol. The van der Waals surface area contributed by atoms with Crippen molar-refractivity contribution >= 4 is 39.4 Å². The summed E-state index contributed by atoms with van der Waals surface area (Å²) in [4.78, 5) is 19.9. The Balaban J connectivity index is 1.81. The third-order valence-corrected chi connectivity index (χ3v) is 5.81. The summed E-state index contributed by atoms with van der Waals surface area (Å²) in [5, 5.41) is 0. The number of carbonyl (C=O) groups excluding carboxylic acids is 1. The van der Waals surface area contributed by atoms with Crippen LogP contribution in [0.5, 0.6) is 17.2 Å². The zero-order chi connectivity index (χ0) is 23.4. The first-order valence-electron chi connectivity index (χ1n) is 10.4. The standard InChI is InChI=1S/C26H23BrN2O4/c1-4-33-19-13-10-18(11-14-19)29-25(21-7-5-6-8-22(21)27)28-23(26(29)30)15-17-9-12-20(31-2)16-24(17)32-3/h5-16H,4H2,1-3H3/b23-15+. The fraction of sp³-hybridized carbons (Fsp3) is 0.154.